The summed E-state index contributed by atoms with van der Waals surface area (Å²) in [7, 11) is -2.85. The normalized spacial score (nSPS) is 16.0. The van der Waals surface area contributed by atoms with Gasteiger partial charge in [0.05, 0.1) is 0 Å². The fourth-order valence-corrected chi connectivity index (χ4v) is 2.44. The first-order chi connectivity index (χ1) is 6.37. The van der Waals surface area contributed by atoms with Crippen molar-refractivity contribution in [2.45, 2.75) is 27.2 Å². The molecule has 0 aromatic rings. The Morgan fingerprint density at radius 1 is 1.64 bits per heavy atom. The highest BCUT2D eigenvalue weighted by atomic mass is 32.2. The van der Waals surface area contributed by atoms with Gasteiger partial charge in [0.1, 0.15) is 9.92 Å². The first-order valence-corrected chi connectivity index (χ1v) is 6.05. The van der Waals surface area contributed by atoms with Gasteiger partial charge in [0.15, 0.2) is 0 Å². The highest BCUT2D eigenvalue weighted by Crippen LogP contribution is 2.04. The molecule has 0 aliphatic heterocycles. The molecule has 5 heteroatoms. The fraction of sp³-hybridized carbons (Fsp3) is 0.667. The van der Waals surface area contributed by atoms with Gasteiger partial charge in [0.2, 0.25) is 0 Å². The average molecular weight is 216 g/mol. The van der Waals surface area contributed by atoms with Crippen LogP contribution in [-0.2, 0) is 14.7 Å². The van der Waals surface area contributed by atoms with Gasteiger partial charge in [-0.05, 0) is 12.8 Å². The maximum Gasteiger partial charge on any atom is 0.251 e. The van der Waals surface area contributed by atoms with Crippen molar-refractivity contribution in [3.8, 4) is 11.8 Å². The lowest BCUT2D eigenvalue weighted by molar-refractivity contribution is -0.115. The Labute approximate surface area is 85.6 Å². The molecule has 14 heavy (non-hydrogen) atoms. The number of carbonyl (C=O) groups is 1. The molecule has 0 spiro atoms. The zero-order chi connectivity index (χ0) is 11.2. The average Bonchev–Trinajstić information content (AvgIpc) is 1.96. The van der Waals surface area contributed by atoms with Crippen molar-refractivity contribution < 1.29 is 9.00 Å². The van der Waals surface area contributed by atoms with E-state index in [1.807, 2.05) is 6.92 Å². The lowest BCUT2D eigenvalue weighted by atomic mass is 10.1. The molecule has 0 radical (unpaired) electrons. The molecule has 0 heterocycles. The number of carbonyl (C=O) groups excluding carboxylic acids is 1. The Hall–Kier alpha value is -0.860. The van der Waals surface area contributed by atoms with Crippen LogP contribution in [0.25, 0.3) is 0 Å². The van der Waals surface area contributed by atoms with Gasteiger partial charge in [-0.2, -0.15) is 0 Å². The van der Waals surface area contributed by atoms with Crippen molar-refractivity contribution in [2.24, 2.45) is 15.4 Å². The van der Waals surface area contributed by atoms with E-state index in [1.165, 1.54) is 6.92 Å². The third kappa shape index (κ3) is 6.63. The van der Waals surface area contributed by atoms with Crippen LogP contribution in [0.3, 0.4) is 0 Å². The minimum Gasteiger partial charge on any atom is -0.272 e. The molecular formula is C9H16N2O2S. The number of hydrogen-bond donors (Lipinski definition) is 1. The van der Waals surface area contributed by atoms with Gasteiger partial charge in [0, 0.05) is 19.1 Å². The Morgan fingerprint density at radius 2 is 2.21 bits per heavy atom. The molecule has 2 atom stereocenters. The van der Waals surface area contributed by atoms with Crippen LogP contribution in [-0.4, -0.2) is 15.9 Å². The summed E-state index contributed by atoms with van der Waals surface area (Å²) in [5.41, 5.74) is 0. The number of nitrogens with zero attached hydrogens (tertiary/aromatic N) is 1. The largest absolute Gasteiger partial charge is 0.272 e. The predicted molar refractivity (Wildman–Crippen MR) is 57.5 cm³/mol. The predicted octanol–water partition coefficient (Wildman–Crippen LogP) is 0.924. The van der Waals surface area contributed by atoms with Gasteiger partial charge in [-0.1, -0.05) is 6.92 Å². The summed E-state index contributed by atoms with van der Waals surface area (Å²) in [5.74, 6) is 5.41. The number of rotatable bonds is 3. The van der Waals surface area contributed by atoms with Crippen molar-refractivity contribution in [2.75, 3.05) is 5.75 Å². The van der Waals surface area contributed by atoms with Gasteiger partial charge >= 0.3 is 0 Å². The van der Waals surface area contributed by atoms with E-state index in [0.29, 0.717) is 6.42 Å². The molecule has 0 fully saturated rings. The molecular weight excluding hydrogens is 200 g/mol. The van der Waals surface area contributed by atoms with E-state index < -0.39 is 15.8 Å². The maximum absolute atomic E-state index is 11.5. The third-order valence-electron chi connectivity index (χ3n) is 1.43. The Balaban J connectivity index is 4.41. The minimum absolute atomic E-state index is 0.0862. The van der Waals surface area contributed by atoms with Crippen molar-refractivity contribution in [3.63, 3.8) is 0 Å². The van der Waals surface area contributed by atoms with Crippen molar-refractivity contribution in [3.05, 3.63) is 0 Å². The highest BCUT2D eigenvalue weighted by Gasteiger charge is 2.09. The summed E-state index contributed by atoms with van der Waals surface area (Å²) < 4.78 is 14.9. The third-order valence-corrected chi connectivity index (χ3v) is 3.05. The van der Waals surface area contributed by atoms with Crippen molar-refractivity contribution in [1.82, 2.24) is 0 Å². The number of nitrogens with two attached hydrogens (primary N) is 1. The van der Waals surface area contributed by atoms with Gasteiger partial charge in [0.25, 0.3) is 5.91 Å². The molecule has 2 N–H and O–H groups in total. The first-order valence-electron chi connectivity index (χ1n) is 4.30. The molecule has 0 saturated carbocycles. The molecule has 0 aliphatic carbocycles. The molecule has 4 nitrogen and oxygen atoms in total. The van der Waals surface area contributed by atoms with Crippen LogP contribution in [0.15, 0.2) is 4.36 Å². The summed E-state index contributed by atoms with van der Waals surface area (Å²) in [4.78, 5) is 10.6. The maximum atomic E-state index is 11.5. The summed E-state index contributed by atoms with van der Waals surface area (Å²) in [6.45, 7) is 4.86. The van der Waals surface area contributed by atoms with Crippen LogP contribution in [0.2, 0.25) is 0 Å². The molecule has 0 aliphatic rings. The topological polar surface area (TPSA) is 72.5 Å². The Bertz CT molecular complexity index is 370. The van der Waals surface area contributed by atoms with Crippen LogP contribution in [0, 0.1) is 17.8 Å². The molecule has 0 aromatic carbocycles. The van der Waals surface area contributed by atoms with E-state index in [0.717, 1.165) is 0 Å². The minimum atomic E-state index is -2.85. The summed E-state index contributed by atoms with van der Waals surface area (Å²) >= 11 is 0. The van der Waals surface area contributed by atoms with Crippen molar-refractivity contribution >= 4 is 15.8 Å². The Kier molecular flexibility index (Phi) is 5.43. The van der Waals surface area contributed by atoms with E-state index in [-0.39, 0.29) is 11.7 Å². The zero-order valence-corrected chi connectivity index (χ0v) is 9.56. The fourth-order valence-electron chi connectivity index (χ4n) is 0.998. The van der Waals surface area contributed by atoms with E-state index in [1.54, 1.807) is 6.92 Å². The Morgan fingerprint density at radius 3 is 2.64 bits per heavy atom. The second-order valence-electron chi connectivity index (χ2n) is 3.20. The number of hydrogen-bond acceptors (Lipinski definition) is 2. The standard InChI is InChI=1S/C9H16N2O2S/c1-4-5-6-8(2)7-14(10,13)11-9(3)12/h8H,6-7H2,1-3H3,(H2,10,11,12,13)/t8-,14?/m0/s1. The summed E-state index contributed by atoms with van der Waals surface area (Å²) in [6.07, 6.45) is 0.623. The zero-order valence-electron chi connectivity index (χ0n) is 8.74. The monoisotopic (exact) mass is 216 g/mol. The molecule has 0 aromatic heterocycles. The summed E-state index contributed by atoms with van der Waals surface area (Å²) in [5, 5.41) is 5.38. The van der Waals surface area contributed by atoms with E-state index in [2.05, 4.69) is 16.2 Å². The smallest absolute Gasteiger partial charge is 0.251 e. The van der Waals surface area contributed by atoms with Crippen molar-refractivity contribution in [1.29, 1.82) is 0 Å². The molecule has 0 saturated heterocycles. The molecule has 0 bridgehead atoms. The van der Waals surface area contributed by atoms with Crippen LogP contribution in [0.5, 0.6) is 0 Å². The van der Waals surface area contributed by atoms with Gasteiger partial charge in [-0.25, -0.2) is 9.35 Å². The van der Waals surface area contributed by atoms with Crippen LogP contribution in [0.4, 0.5) is 0 Å². The lowest BCUT2D eigenvalue weighted by Crippen LogP contribution is -2.22. The summed E-state index contributed by atoms with van der Waals surface area (Å²) in [6, 6.07) is 0. The number of amides is 1. The quantitative estimate of drug-likeness (QED) is 0.713. The second kappa shape index (κ2) is 5.78. The van der Waals surface area contributed by atoms with Gasteiger partial charge < -0.3 is 0 Å². The second-order valence-corrected chi connectivity index (χ2v) is 5.10. The van der Waals surface area contributed by atoms with E-state index in [9.17, 15) is 9.00 Å². The molecule has 1 unspecified atom stereocenters. The van der Waals surface area contributed by atoms with Crippen LogP contribution >= 0.6 is 0 Å². The highest BCUT2D eigenvalue weighted by molar-refractivity contribution is 7.91. The van der Waals surface area contributed by atoms with Crippen LogP contribution in [0.1, 0.15) is 27.2 Å². The van der Waals surface area contributed by atoms with Crippen LogP contribution < -0.4 is 5.14 Å². The SMILES string of the molecule is CC#CC[C@H](C)CS(N)(=O)=NC(C)=O. The molecule has 80 valence electrons. The lowest BCUT2D eigenvalue weighted by Gasteiger charge is -2.07. The van der Waals surface area contributed by atoms with E-state index >= 15 is 0 Å². The van der Waals surface area contributed by atoms with Gasteiger partial charge in [-0.3, -0.25) is 4.79 Å². The molecule has 0 rings (SSSR count). The molecule has 1 amide bonds. The van der Waals surface area contributed by atoms with E-state index in [4.69, 9.17) is 5.14 Å². The van der Waals surface area contributed by atoms with Gasteiger partial charge in [-0.15, -0.1) is 16.2 Å². The first kappa shape index (κ1) is 13.1.